The zero-order valence-corrected chi connectivity index (χ0v) is 12.2. The van der Waals surface area contributed by atoms with Crippen LogP contribution in [0, 0.1) is 5.92 Å². The molecule has 1 unspecified atom stereocenters. The highest BCUT2D eigenvalue weighted by Crippen LogP contribution is 2.26. The maximum Gasteiger partial charge on any atom is 0.485 e. The van der Waals surface area contributed by atoms with Gasteiger partial charge in [-0.25, -0.2) is 0 Å². The first-order valence-corrected chi connectivity index (χ1v) is 7.00. The predicted octanol–water partition coefficient (Wildman–Crippen LogP) is 0.972. The molecule has 2 atom stereocenters. The first-order valence-electron chi connectivity index (χ1n) is 7.00. The molecule has 1 N–H and O–H groups in total. The Morgan fingerprint density at radius 1 is 1.47 bits per heavy atom. The molecule has 109 valence electrons. The number of hydrogen-bond donors (Lipinski definition) is 1. The van der Waals surface area contributed by atoms with Gasteiger partial charge in [-0.05, 0) is 25.2 Å². The van der Waals surface area contributed by atoms with Gasteiger partial charge in [-0.3, -0.25) is 4.79 Å². The number of ether oxygens (including phenoxy) is 1. The fraction of sp³-hybridized carbons (Fsp3) is 0.923. The summed E-state index contributed by atoms with van der Waals surface area (Å²) < 4.78 is 10.1. The van der Waals surface area contributed by atoms with Crippen molar-refractivity contribution in [1.82, 2.24) is 4.90 Å². The number of nitrogens with zero attached hydrogens (tertiary/aromatic N) is 1. The average Bonchev–Trinajstić information content (AvgIpc) is 2.79. The van der Waals surface area contributed by atoms with Crippen LogP contribution in [0.3, 0.4) is 0 Å². The zero-order valence-electron chi connectivity index (χ0n) is 12.2. The monoisotopic (exact) mass is 270 g/mol. The first kappa shape index (κ1) is 16.5. The Bertz CT molecular complexity index is 275. The van der Waals surface area contributed by atoms with Crippen LogP contribution in [0.2, 0.25) is 0 Å². The number of methoxy groups -OCH3 is 1. The summed E-state index contributed by atoms with van der Waals surface area (Å²) in [6.45, 7) is 5.50. The average molecular weight is 270 g/mol. The van der Waals surface area contributed by atoms with E-state index < -0.39 is 0 Å². The Labute approximate surface area is 116 Å². The van der Waals surface area contributed by atoms with Crippen LogP contribution in [0.4, 0.5) is 0 Å². The van der Waals surface area contributed by atoms with Crippen molar-refractivity contribution in [3.8, 4) is 0 Å². The molecule has 0 spiro atoms. The second-order valence-corrected chi connectivity index (χ2v) is 5.41. The summed E-state index contributed by atoms with van der Waals surface area (Å²) >= 11 is 0. The van der Waals surface area contributed by atoms with Crippen LogP contribution in [0.1, 0.15) is 39.5 Å². The van der Waals surface area contributed by atoms with Crippen LogP contribution >= 0.6 is 0 Å². The van der Waals surface area contributed by atoms with E-state index in [1.807, 2.05) is 4.90 Å². The van der Waals surface area contributed by atoms with E-state index in [0.29, 0.717) is 25.5 Å². The summed E-state index contributed by atoms with van der Waals surface area (Å²) in [6, 6.07) is 0.208. The highest BCUT2D eigenvalue weighted by atomic mass is 16.5. The molecule has 1 rings (SSSR count). The van der Waals surface area contributed by atoms with Crippen LogP contribution in [-0.2, 0) is 14.2 Å². The van der Waals surface area contributed by atoms with Gasteiger partial charge in [0, 0.05) is 32.7 Å². The van der Waals surface area contributed by atoms with E-state index in [0.717, 1.165) is 26.9 Å². The molecule has 0 aromatic carbocycles. The van der Waals surface area contributed by atoms with Gasteiger partial charge in [-0.15, -0.1) is 0 Å². The van der Waals surface area contributed by atoms with Gasteiger partial charge in [0.25, 0.3) is 0 Å². The van der Waals surface area contributed by atoms with E-state index >= 15 is 0 Å². The summed E-state index contributed by atoms with van der Waals surface area (Å²) in [5.41, 5.74) is 0. The Hall–Kier alpha value is -0.585. The third-order valence-electron chi connectivity index (χ3n) is 3.64. The van der Waals surface area contributed by atoms with Crippen molar-refractivity contribution >= 4 is 13.6 Å². The molecule has 19 heavy (non-hydrogen) atoms. The molecular weight excluding hydrogens is 245 g/mol. The lowest BCUT2D eigenvalue weighted by atomic mass is 10.0. The van der Waals surface area contributed by atoms with Crippen molar-refractivity contribution < 1.29 is 19.2 Å². The minimum absolute atomic E-state index is 0.0830. The molecule has 1 aliphatic rings. The fourth-order valence-corrected chi connectivity index (χ4v) is 2.60. The Morgan fingerprint density at radius 3 is 2.79 bits per heavy atom. The van der Waals surface area contributed by atoms with Gasteiger partial charge in [0.2, 0.25) is 5.91 Å². The summed E-state index contributed by atoms with van der Waals surface area (Å²) in [7, 11) is 2.40. The van der Waals surface area contributed by atoms with E-state index in [4.69, 9.17) is 14.4 Å². The third-order valence-corrected chi connectivity index (χ3v) is 3.64. The van der Waals surface area contributed by atoms with Gasteiger partial charge in [-0.1, -0.05) is 13.8 Å². The minimum Gasteiger partial charge on any atom is -0.429 e. The topological polar surface area (TPSA) is 59.0 Å². The zero-order chi connectivity index (χ0) is 14.3. The number of rotatable bonds is 8. The van der Waals surface area contributed by atoms with Crippen molar-refractivity contribution in [2.75, 3.05) is 20.3 Å². The van der Waals surface area contributed by atoms with Crippen molar-refractivity contribution in [2.24, 2.45) is 5.92 Å². The first-order chi connectivity index (χ1) is 9.10. The predicted molar refractivity (Wildman–Crippen MR) is 73.5 cm³/mol. The lowest BCUT2D eigenvalue weighted by Gasteiger charge is -2.27. The Kier molecular flexibility index (Phi) is 7.42. The van der Waals surface area contributed by atoms with Gasteiger partial charge in [-0.2, -0.15) is 0 Å². The number of likely N-dealkylation sites (tertiary alicyclic amines) is 1. The van der Waals surface area contributed by atoms with Crippen LogP contribution in [0.15, 0.2) is 0 Å². The van der Waals surface area contributed by atoms with Gasteiger partial charge in [0.15, 0.2) is 0 Å². The number of hydrogen-bond acceptors (Lipinski definition) is 4. The van der Waals surface area contributed by atoms with E-state index in [1.165, 1.54) is 0 Å². The van der Waals surface area contributed by atoms with Crippen LogP contribution in [0.25, 0.3) is 0 Å². The summed E-state index contributed by atoms with van der Waals surface area (Å²) in [4.78, 5) is 14.1. The van der Waals surface area contributed by atoms with Gasteiger partial charge >= 0.3 is 7.69 Å². The molecule has 0 aromatic rings. The quantitative estimate of drug-likeness (QED) is 0.527. The number of amides is 1. The maximum absolute atomic E-state index is 12.2. The molecule has 1 radical (unpaired) electrons. The Morgan fingerprint density at radius 2 is 2.21 bits per heavy atom. The summed E-state index contributed by atoms with van der Waals surface area (Å²) in [5.74, 6) is 0.578. The van der Waals surface area contributed by atoms with E-state index in [-0.39, 0.29) is 18.1 Å². The van der Waals surface area contributed by atoms with Crippen LogP contribution in [0.5, 0.6) is 0 Å². The molecule has 0 aliphatic carbocycles. The largest absolute Gasteiger partial charge is 0.485 e. The number of unbranched alkanes of at least 4 members (excludes halogenated alkanes) is 1. The molecule has 1 fully saturated rings. The molecule has 0 saturated carbocycles. The van der Waals surface area contributed by atoms with Crippen molar-refractivity contribution in [3.05, 3.63) is 0 Å². The molecule has 1 saturated heterocycles. The standard InChI is InChI=1S/C13H25BNO4/c1-10(2)12-8-11(19-14-17)9-15(12)13(16)6-4-5-7-18-3/h10-12,17H,4-9H2,1-3H3/t11-,12?/m1/s1. The van der Waals surface area contributed by atoms with Gasteiger partial charge in [0.1, 0.15) is 0 Å². The Balaban J connectivity index is 2.45. The fourth-order valence-electron chi connectivity index (χ4n) is 2.60. The third kappa shape index (κ3) is 5.13. The molecular formula is C13H25BNO4. The number of carbonyl (C=O) groups is 1. The lowest BCUT2D eigenvalue weighted by Crippen LogP contribution is -2.38. The minimum atomic E-state index is -0.0830. The molecule has 5 nitrogen and oxygen atoms in total. The molecule has 6 heteroatoms. The van der Waals surface area contributed by atoms with Crippen LogP contribution in [-0.4, -0.2) is 55.9 Å². The molecule has 0 aromatic heterocycles. The van der Waals surface area contributed by atoms with Crippen molar-refractivity contribution in [3.63, 3.8) is 0 Å². The summed E-state index contributed by atoms with van der Waals surface area (Å²) in [5, 5.41) is 8.71. The van der Waals surface area contributed by atoms with E-state index in [1.54, 1.807) is 7.11 Å². The lowest BCUT2D eigenvalue weighted by molar-refractivity contribution is -0.133. The maximum atomic E-state index is 12.2. The van der Waals surface area contributed by atoms with E-state index in [9.17, 15) is 4.79 Å². The smallest absolute Gasteiger partial charge is 0.429 e. The van der Waals surface area contributed by atoms with Gasteiger partial charge in [0.05, 0.1) is 6.10 Å². The highest BCUT2D eigenvalue weighted by molar-refractivity contribution is 6.15. The van der Waals surface area contributed by atoms with E-state index in [2.05, 4.69) is 13.8 Å². The molecule has 1 amide bonds. The highest BCUT2D eigenvalue weighted by Gasteiger charge is 2.36. The normalized spacial score (nSPS) is 23.1. The molecule has 1 heterocycles. The summed E-state index contributed by atoms with van der Waals surface area (Å²) in [6.07, 6.45) is 3.03. The van der Waals surface area contributed by atoms with Crippen molar-refractivity contribution in [1.29, 1.82) is 0 Å². The van der Waals surface area contributed by atoms with Crippen LogP contribution < -0.4 is 0 Å². The molecule has 1 aliphatic heterocycles. The SMILES string of the molecule is COCCCCC(=O)N1C[C@H](O[B]O)CC1C(C)C. The molecule has 0 bridgehead atoms. The second kappa shape index (κ2) is 8.56. The second-order valence-electron chi connectivity index (χ2n) is 5.41. The number of carbonyl (C=O) groups excluding carboxylic acids is 1. The van der Waals surface area contributed by atoms with Gasteiger partial charge < -0.3 is 19.3 Å². The van der Waals surface area contributed by atoms with Crippen molar-refractivity contribution in [2.45, 2.75) is 51.7 Å².